The molecule has 0 saturated heterocycles. The van der Waals surface area contributed by atoms with Gasteiger partial charge in [0.15, 0.2) is 0 Å². The molecule has 6 N–H and O–H groups in total. The minimum absolute atomic E-state index is 0.143. The van der Waals surface area contributed by atoms with Crippen molar-refractivity contribution in [3.8, 4) is 11.8 Å². The Balaban J connectivity index is 1.72. The van der Waals surface area contributed by atoms with Crippen LogP contribution in [0, 0.1) is 11.8 Å². The summed E-state index contributed by atoms with van der Waals surface area (Å²) in [5.41, 5.74) is 11.6. The van der Waals surface area contributed by atoms with Gasteiger partial charge in [-0.1, -0.05) is 54.5 Å². The normalized spacial score (nSPS) is 13.7. The number of nitrogens with one attached hydrogen (secondary N) is 3. The highest BCUT2D eigenvalue weighted by molar-refractivity contribution is 6.37. The molecule has 2 amide bonds. The second-order valence-corrected chi connectivity index (χ2v) is 8.98. The Hall–Kier alpha value is -4.38. The fourth-order valence-corrected chi connectivity index (χ4v) is 3.85. The number of aliphatic hydroxyl groups is 1. The SMILES string of the molecule is CC(C)(N)c1ccc(N/C(=C2/C(=O)Nc3cc(C#CC(=O)NCCO)ccc32)c2ccccc2)cc1. The minimum Gasteiger partial charge on any atom is -0.395 e. The molecule has 3 aromatic rings. The van der Waals surface area contributed by atoms with Crippen LogP contribution in [0.3, 0.4) is 0 Å². The van der Waals surface area contributed by atoms with Crippen LogP contribution in [0.1, 0.15) is 36.1 Å². The van der Waals surface area contributed by atoms with Gasteiger partial charge in [0.25, 0.3) is 11.8 Å². The van der Waals surface area contributed by atoms with Crippen molar-refractivity contribution in [3.05, 3.63) is 95.1 Å². The van der Waals surface area contributed by atoms with Gasteiger partial charge in [0.2, 0.25) is 0 Å². The zero-order chi connectivity index (χ0) is 25.7. The van der Waals surface area contributed by atoms with Gasteiger partial charge < -0.3 is 26.8 Å². The molecule has 3 aromatic carbocycles. The molecule has 1 aliphatic heterocycles. The third kappa shape index (κ3) is 5.63. The number of benzene rings is 3. The predicted octanol–water partition coefficient (Wildman–Crippen LogP) is 3.27. The number of hydrogen-bond acceptors (Lipinski definition) is 5. The molecule has 0 bridgehead atoms. The highest BCUT2D eigenvalue weighted by Gasteiger charge is 2.28. The number of rotatable bonds is 6. The van der Waals surface area contributed by atoms with Crippen molar-refractivity contribution in [2.24, 2.45) is 5.73 Å². The molecule has 0 spiro atoms. The van der Waals surface area contributed by atoms with E-state index in [9.17, 15) is 9.59 Å². The van der Waals surface area contributed by atoms with Crippen molar-refractivity contribution < 1.29 is 14.7 Å². The molecule has 1 heterocycles. The van der Waals surface area contributed by atoms with Crippen LogP contribution in [0.2, 0.25) is 0 Å². The van der Waals surface area contributed by atoms with Crippen LogP contribution in [-0.4, -0.2) is 30.1 Å². The zero-order valence-electron chi connectivity index (χ0n) is 20.2. The van der Waals surface area contributed by atoms with E-state index in [1.54, 1.807) is 12.1 Å². The van der Waals surface area contributed by atoms with Crippen LogP contribution in [0.15, 0.2) is 72.8 Å². The Morgan fingerprint density at radius 3 is 2.44 bits per heavy atom. The van der Waals surface area contributed by atoms with E-state index < -0.39 is 11.4 Å². The van der Waals surface area contributed by atoms with Crippen molar-refractivity contribution in [1.82, 2.24) is 5.32 Å². The molecular formula is C29H28N4O3. The Bertz CT molecular complexity index is 1380. The van der Waals surface area contributed by atoms with Gasteiger partial charge in [0.1, 0.15) is 0 Å². The first-order chi connectivity index (χ1) is 17.3. The molecule has 0 radical (unpaired) electrons. The lowest BCUT2D eigenvalue weighted by Crippen LogP contribution is -2.28. The van der Waals surface area contributed by atoms with Crippen LogP contribution in [0.25, 0.3) is 11.3 Å². The Kier molecular flexibility index (Phi) is 7.20. The van der Waals surface area contributed by atoms with Gasteiger partial charge in [0.05, 0.1) is 23.6 Å². The third-order valence-electron chi connectivity index (χ3n) is 5.69. The molecule has 4 rings (SSSR count). The van der Waals surface area contributed by atoms with Gasteiger partial charge in [-0.25, -0.2) is 0 Å². The fourth-order valence-electron chi connectivity index (χ4n) is 3.85. The first-order valence-electron chi connectivity index (χ1n) is 11.6. The Morgan fingerprint density at radius 2 is 1.78 bits per heavy atom. The van der Waals surface area contributed by atoms with Gasteiger partial charge in [0, 0.05) is 34.8 Å². The molecule has 7 nitrogen and oxygen atoms in total. The van der Waals surface area contributed by atoms with E-state index in [0.29, 0.717) is 22.5 Å². The number of carbonyl (C=O) groups excluding carboxylic acids is 2. The lowest BCUT2D eigenvalue weighted by atomic mass is 9.95. The van der Waals surface area contributed by atoms with E-state index in [1.807, 2.05) is 74.5 Å². The molecule has 0 aromatic heterocycles. The lowest BCUT2D eigenvalue weighted by molar-refractivity contribution is -0.115. The summed E-state index contributed by atoms with van der Waals surface area (Å²) >= 11 is 0. The van der Waals surface area contributed by atoms with E-state index in [4.69, 9.17) is 10.8 Å². The predicted molar refractivity (Wildman–Crippen MR) is 143 cm³/mol. The summed E-state index contributed by atoms with van der Waals surface area (Å²) in [7, 11) is 0. The van der Waals surface area contributed by atoms with Crippen molar-refractivity contribution in [2.45, 2.75) is 19.4 Å². The first-order valence-corrected chi connectivity index (χ1v) is 11.6. The van der Waals surface area contributed by atoms with Gasteiger partial charge >= 0.3 is 0 Å². The average molecular weight is 481 g/mol. The largest absolute Gasteiger partial charge is 0.395 e. The number of aliphatic hydroxyl groups excluding tert-OH is 1. The maximum absolute atomic E-state index is 13.2. The van der Waals surface area contributed by atoms with Crippen LogP contribution in [0.4, 0.5) is 11.4 Å². The fraction of sp³-hybridized carbons (Fsp3) is 0.172. The van der Waals surface area contributed by atoms with E-state index in [-0.39, 0.29) is 19.1 Å². The summed E-state index contributed by atoms with van der Waals surface area (Å²) in [6, 6.07) is 22.8. The van der Waals surface area contributed by atoms with Crippen LogP contribution >= 0.6 is 0 Å². The number of hydrogen-bond donors (Lipinski definition) is 5. The van der Waals surface area contributed by atoms with E-state index in [0.717, 1.165) is 22.4 Å². The highest BCUT2D eigenvalue weighted by Crippen LogP contribution is 2.38. The minimum atomic E-state index is -0.478. The molecule has 0 saturated carbocycles. The second-order valence-electron chi connectivity index (χ2n) is 8.98. The number of anilines is 2. The summed E-state index contributed by atoms with van der Waals surface area (Å²) in [4.78, 5) is 24.9. The van der Waals surface area contributed by atoms with Crippen LogP contribution < -0.4 is 21.7 Å². The summed E-state index contributed by atoms with van der Waals surface area (Å²) in [5, 5.41) is 17.6. The second kappa shape index (κ2) is 10.5. The topological polar surface area (TPSA) is 116 Å². The van der Waals surface area contributed by atoms with Crippen molar-refractivity contribution in [2.75, 3.05) is 23.8 Å². The monoisotopic (exact) mass is 480 g/mol. The average Bonchev–Trinajstić information content (AvgIpc) is 3.19. The molecule has 0 atom stereocenters. The summed E-state index contributed by atoms with van der Waals surface area (Å²) in [6.07, 6.45) is 0. The highest BCUT2D eigenvalue weighted by atomic mass is 16.3. The molecule has 36 heavy (non-hydrogen) atoms. The third-order valence-corrected chi connectivity index (χ3v) is 5.69. The van der Waals surface area contributed by atoms with Crippen molar-refractivity contribution >= 4 is 34.5 Å². The van der Waals surface area contributed by atoms with Gasteiger partial charge in [-0.2, -0.15) is 0 Å². The molecule has 7 heteroatoms. The smallest absolute Gasteiger partial charge is 0.296 e. The molecule has 0 fully saturated rings. The lowest BCUT2D eigenvalue weighted by Gasteiger charge is -2.20. The standard InChI is InChI=1S/C29H28N4O3/c1-29(2,30)21-10-12-22(13-11-21)32-27(20-6-4-3-5-7-20)26-23-14-8-19(18-24(23)33-28(26)36)9-15-25(35)31-16-17-34/h3-8,10-14,18,32,34H,16-17,30H2,1-2H3,(H,31,35)(H,33,36)/b27-26+. The van der Waals surface area contributed by atoms with Gasteiger partial charge in [-0.05, 0) is 49.2 Å². The maximum atomic E-state index is 13.2. The molecule has 0 aliphatic carbocycles. The molecule has 182 valence electrons. The van der Waals surface area contributed by atoms with Crippen molar-refractivity contribution in [3.63, 3.8) is 0 Å². The number of nitrogens with two attached hydrogens (primary N) is 1. The molecule has 0 unspecified atom stereocenters. The van der Waals surface area contributed by atoms with Crippen LogP contribution in [0.5, 0.6) is 0 Å². The van der Waals surface area contributed by atoms with E-state index >= 15 is 0 Å². The first kappa shape index (κ1) is 24.7. The number of fused-ring (bicyclic) bond motifs is 1. The molecular weight excluding hydrogens is 452 g/mol. The number of amides is 2. The van der Waals surface area contributed by atoms with E-state index in [2.05, 4.69) is 27.8 Å². The zero-order valence-corrected chi connectivity index (χ0v) is 20.2. The Labute approximate surface area is 210 Å². The van der Waals surface area contributed by atoms with E-state index in [1.165, 1.54) is 0 Å². The Morgan fingerprint density at radius 1 is 1.06 bits per heavy atom. The summed E-state index contributed by atoms with van der Waals surface area (Å²) < 4.78 is 0. The van der Waals surface area contributed by atoms with Gasteiger partial charge in [-0.15, -0.1) is 0 Å². The summed E-state index contributed by atoms with van der Waals surface area (Å²) in [6.45, 7) is 3.89. The molecule has 1 aliphatic rings. The maximum Gasteiger partial charge on any atom is 0.296 e. The quantitative estimate of drug-likeness (QED) is 0.274. The van der Waals surface area contributed by atoms with Crippen molar-refractivity contribution in [1.29, 1.82) is 0 Å². The van der Waals surface area contributed by atoms with Gasteiger partial charge in [-0.3, -0.25) is 9.59 Å². The summed E-state index contributed by atoms with van der Waals surface area (Å²) in [5.74, 6) is 4.57. The van der Waals surface area contributed by atoms with Crippen LogP contribution in [-0.2, 0) is 15.1 Å². The number of carbonyl (C=O) groups is 2.